The molecule has 0 fully saturated rings. The SMILES string of the molecule is CCCNC(CSC)c1cccc(OC)c1F. The van der Waals surface area contributed by atoms with Crippen molar-refractivity contribution in [3.63, 3.8) is 0 Å². The van der Waals surface area contributed by atoms with Crippen molar-refractivity contribution in [3.05, 3.63) is 29.6 Å². The van der Waals surface area contributed by atoms with E-state index in [0.717, 1.165) is 18.7 Å². The number of hydrogen-bond donors (Lipinski definition) is 1. The first-order chi connectivity index (χ1) is 8.24. The molecule has 0 aliphatic rings. The van der Waals surface area contributed by atoms with Crippen molar-refractivity contribution in [2.45, 2.75) is 19.4 Å². The Morgan fingerprint density at radius 3 is 2.82 bits per heavy atom. The van der Waals surface area contributed by atoms with Crippen molar-refractivity contribution in [3.8, 4) is 5.75 Å². The molecule has 2 nitrogen and oxygen atoms in total. The average molecular weight is 257 g/mol. The van der Waals surface area contributed by atoms with Crippen LogP contribution in [-0.2, 0) is 0 Å². The van der Waals surface area contributed by atoms with Crippen molar-refractivity contribution in [1.82, 2.24) is 5.32 Å². The normalized spacial score (nSPS) is 12.5. The van der Waals surface area contributed by atoms with Gasteiger partial charge in [-0.1, -0.05) is 19.1 Å². The second-order valence-corrected chi connectivity index (χ2v) is 4.74. The number of hydrogen-bond acceptors (Lipinski definition) is 3. The van der Waals surface area contributed by atoms with Gasteiger partial charge in [0.2, 0.25) is 0 Å². The second-order valence-electron chi connectivity index (χ2n) is 3.83. The van der Waals surface area contributed by atoms with Crippen LogP contribution in [0.3, 0.4) is 0 Å². The summed E-state index contributed by atoms with van der Waals surface area (Å²) < 4.78 is 19.1. The predicted octanol–water partition coefficient (Wildman–Crippen LogP) is 3.24. The largest absolute Gasteiger partial charge is 0.494 e. The highest BCUT2D eigenvalue weighted by molar-refractivity contribution is 7.98. The van der Waals surface area contributed by atoms with Gasteiger partial charge in [0.1, 0.15) is 0 Å². The Hall–Kier alpha value is -0.740. The van der Waals surface area contributed by atoms with Gasteiger partial charge in [0.05, 0.1) is 7.11 Å². The summed E-state index contributed by atoms with van der Waals surface area (Å²) in [4.78, 5) is 0. The predicted molar refractivity (Wildman–Crippen MR) is 72.4 cm³/mol. The first-order valence-electron chi connectivity index (χ1n) is 5.79. The molecule has 1 aromatic carbocycles. The first kappa shape index (κ1) is 14.3. The molecule has 0 aromatic heterocycles. The van der Waals surface area contributed by atoms with Crippen LogP contribution in [0, 0.1) is 5.82 Å². The lowest BCUT2D eigenvalue weighted by Gasteiger charge is -2.19. The minimum Gasteiger partial charge on any atom is -0.494 e. The van der Waals surface area contributed by atoms with Gasteiger partial charge in [-0.05, 0) is 25.3 Å². The van der Waals surface area contributed by atoms with Gasteiger partial charge in [0.25, 0.3) is 0 Å². The van der Waals surface area contributed by atoms with Crippen LogP contribution < -0.4 is 10.1 Å². The fourth-order valence-corrected chi connectivity index (χ4v) is 2.33. The molecule has 0 radical (unpaired) electrons. The molecule has 1 rings (SSSR count). The summed E-state index contributed by atoms with van der Waals surface area (Å²) in [6, 6.07) is 5.34. The fraction of sp³-hybridized carbons (Fsp3) is 0.538. The molecule has 1 aromatic rings. The summed E-state index contributed by atoms with van der Waals surface area (Å²) >= 11 is 1.71. The number of methoxy groups -OCH3 is 1. The van der Waals surface area contributed by atoms with Crippen molar-refractivity contribution < 1.29 is 9.13 Å². The van der Waals surface area contributed by atoms with E-state index in [9.17, 15) is 4.39 Å². The van der Waals surface area contributed by atoms with E-state index >= 15 is 0 Å². The topological polar surface area (TPSA) is 21.3 Å². The van der Waals surface area contributed by atoms with Crippen LogP contribution in [0.2, 0.25) is 0 Å². The number of benzene rings is 1. The van der Waals surface area contributed by atoms with Crippen LogP contribution in [0.1, 0.15) is 24.9 Å². The molecule has 0 amide bonds. The number of halogens is 1. The van der Waals surface area contributed by atoms with Gasteiger partial charge in [0, 0.05) is 17.4 Å². The molecular formula is C13H20FNOS. The lowest BCUT2D eigenvalue weighted by Crippen LogP contribution is -2.25. The van der Waals surface area contributed by atoms with Gasteiger partial charge in [-0.25, -0.2) is 4.39 Å². The van der Waals surface area contributed by atoms with E-state index in [0.29, 0.717) is 11.3 Å². The molecular weight excluding hydrogens is 237 g/mol. The molecule has 0 saturated heterocycles. The van der Waals surface area contributed by atoms with Crippen molar-refractivity contribution in [2.24, 2.45) is 0 Å². The highest BCUT2D eigenvalue weighted by atomic mass is 32.2. The van der Waals surface area contributed by atoms with Gasteiger partial charge in [-0.15, -0.1) is 0 Å². The molecule has 0 heterocycles. The summed E-state index contributed by atoms with van der Waals surface area (Å²) in [5, 5.41) is 3.36. The van der Waals surface area contributed by atoms with E-state index in [1.807, 2.05) is 18.4 Å². The van der Waals surface area contributed by atoms with Crippen LogP contribution in [0.25, 0.3) is 0 Å². The van der Waals surface area contributed by atoms with Crippen LogP contribution >= 0.6 is 11.8 Å². The number of thioether (sulfide) groups is 1. The quantitative estimate of drug-likeness (QED) is 0.810. The summed E-state index contributed by atoms with van der Waals surface area (Å²) in [5.41, 5.74) is 0.687. The maximum Gasteiger partial charge on any atom is 0.169 e. The average Bonchev–Trinajstić information content (AvgIpc) is 2.35. The smallest absolute Gasteiger partial charge is 0.169 e. The second kappa shape index (κ2) is 7.56. The van der Waals surface area contributed by atoms with Gasteiger partial charge < -0.3 is 10.1 Å². The van der Waals surface area contributed by atoms with Gasteiger partial charge in [0.15, 0.2) is 11.6 Å². The lowest BCUT2D eigenvalue weighted by molar-refractivity contribution is 0.381. The van der Waals surface area contributed by atoms with Crippen LogP contribution in [0.15, 0.2) is 18.2 Å². The van der Waals surface area contributed by atoms with Gasteiger partial charge in [-0.2, -0.15) is 11.8 Å². The monoisotopic (exact) mass is 257 g/mol. The Kier molecular flexibility index (Phi) is 6.37. The number of ether oxygens (including phenoxy) is 1. The fourth-order valence-electron chi connectivity index (χ4n) is 1.70. The minimum atomic E-state index is -0.252. The highest BCUT2D eigenvalue weighted by Gasteiger charge is 2.17. The Balaban J connectivity index is 2.92. The molecule has 0 bridgehead atoms. The molecule has 96 valence electrons. The molecule has 0 saturated carbocycles. The van der Waals surface area contributed by atoms with E-state index in [4.69, 9.17) is 4.74 Å². The number of nitrogens with one attached hydrogen (secondary N) is 1. The Morgan fingerprint density at radius 1 is 1.47 bits per heavy atom. The minimum absolute atomic E-state index is 0.0417. The van der Waals surface area contributed by atoms with Gasteiger partial charge in [-0.3, -0.25) is 0 Å². The highest BCUT2D eigenvalue weighted by Crippen LogP contribution is 2.26. The molecule has 1 atom stereocenters. The molecule has 1 N–H and O–H groups in total. The Morgan fingerprint density at radius 2 is 2.24 bits per heavy atom. The van der Waals surface area contributed by atoms with E-state index in [1.165, 1.54) is 7.11 Å². The Bertz CT molecular complexity index is 346. The standard InChI is InChI=1S/C13H20FNOS/c1-4-8-15-11(9-17-3)10-6-5-7-12(16-2)13(10)14/h5-7,11,15H,4,8-9H2,1-3H3. The molecule has 0 aliphatic carbocycles. The summed E-state index contributed by atoms with van der Waals surface area (Å²) in [6.45, 7) is 2.99. The summed E-state index contributed by atoms with van der Waals surface area (Å²) in [5.74, 6) is 0.911. The Labute approximate surface area is 107 Å². The maximum absolute atomic E-state index is 14.1. The summed E-state index contributed by atoms with van der Waals surface area (Å²) in [7, 11) is 1.49. The van der Waals surface area contributed by atoms with Crippen LogP contribution in [0.4, 0.5) is 4.39 Å². The lowest BCUT2D eigenvalue weighted by atomic mass is 10.1. The molecule has 4 heteroatoms. The van der Waals surface area contributed by atoms with Crippen LogP contribution in [0.5, 0.6) is 5.75 Å². The van der Waals surface area contributed by atoms with Crippen molar-refractivity contribution >= 4 is 11.8 Å². The molecule has 1 unspecified atom stereocenters. The van der Waals surface area contributed by atoms with E-state index < -0.39 is 0 Å². The van der Waals surface area contributed by atoms with Crippen molar-refractivity contribution in [1.29, 1.82) is 0 Å². The van der Waals surface area contributed by atoms with E-state index in [2.05, 4.69) is 12.2 Å². The van der Waals surface area contributed by atoms with E-state index in [1.54, 1.807) is 17.8 Å². The van der Waals surface area contributed by atoms with Gasteiger partial charge >= 0.3 is 0 Å². The number of rotatable bonds is 7. The van der Waals surface area contributed by atoms with Crippen LogP contribution in [-0.4, -0.2) is 25.7 Å². The van der Waals surface area contributed by atoms with Crippen molar-refractivity contribution in [2.75, 3.05) is 25.7 Å². The zero-order chi connectivity index (χ0) is 12.7. The zero-order valence-corrected chi connectivity index (χ0v) is 11.4. The summed E-state index contributed by atoms with van der Waals surface area (Å²) in [6.07, 6.45) is 3.06. The molecule has 0 spiro atoms. The zero-order valence-electron chi connectivity index (χ0n) is 10.6. The molecule has 0 aliphatic heterocycles. The maximum atomic E-state index is 14.1. The third kappa shape index (κ3) is 3.89. The third-order valence-corrected chi connectivity index (χ3v) is 3.23. The third-order valence-electron chi connectivity index (χ3n) is 2.56. The first-order valence-corrected chi connectivity index (χ1v) is 7.18. The van der Waals surface area contributed by atoms with E-state index in [-0.39, 0.29) is 11.9 Å². The molecule has 17 heavy (non-hydrogen) atoms.